The highest BCUT2D eigenvalue weighted by Crippen LogP contribution is 2.19. The number of hydrogen-bond donors (Lipinski definition) is 1. The molecule has 0 amide bonds. The Labute approximate surface area is 121 Å². The quantitative estimate of drug-likeness (QED) is 0.811. The van der Waals surface area contributed by atoms with Gasteiger partial charge in [-0.2, -0.15) is 5.10 Å². The van der Waals surface area contributed by atoms with Crippen molar-refractivity contribution in [1.82, 2.24) is 20.4 Å². The third-order valence-electron chi connectivity index (χ3n) is 4.20. The van der Waals surface area contributed by atoms with E-state index < -0.39 is 0 Å². The molecule has 1 saturated carbocycles. The summed E-state index contributed by atoms with van der Waals surface area (Å²) in [6.07, 6.45) is 5.33. The number of likely N-dealkylation sites (N-methyl/N-ethyl adjacent to an activating group) is 1. The van der Waals surface area contributed by atoms with E-state index in [1.165, 1.54) is 38.8 Å². The molecule has 2 heterocycles. The Bertz CT molecular complexity index is 409. The van der Waals surface area contributed by atoms with Gasteiger partial charge in [-0.3, -0.25) is 0 Å². The van der Waals surface area contributed by atoms with Gasteiger partial charge in [-0.1, -0.05) is 0 Å². The topological polar surface area (TPSA) is 44.3 Å². The number of anilines is 1. The van der Waals surface area contributed by atoms with E-state index in [-0.39, 0.29) is 0 Å². The van der Waals surface area contributed by atoms with Gasteiger partial charge in [-0.15, -0.1) is 5.10 Å². The number of aromatic nitrogens is 2. The largest absolute Gasteiger partial charge is 0.357 e. The van der Waals surface area contributed by atoms with Crippen LogP contribution < -0.4 is 10.2 Å². The van der Waals surface area contributed by atoms with Crippen LogP contribution in [-0.4, -0.2) is 54.4 Å². The highest BCUT2D eigenvalue weighted by Gasteiger charge is 2.20. The van der Waals surface area contributed by atoms with E-state index in [1.807, 2.05) is 0 Å². The normalized spacial score (nSPS) is 19.4. The molecule has 3 rings (SSSR count). The van der Waals surface area contributed by atoms with Gasteiger partial charge in [0.2, 0.25) is 0 Å². The molecule has 20 heavy (non-hydrogen) atoms. The van der Waals surface area contributed by atoms with Crippen LogP contribution in [0.15, 0.2) is 12.1 Å². The lowest BCUT2D eigenvalue weighted by Crippen LogP contribution is -2.32. The van der Waals surface area contributed by atoms with E-state index in [2.05, 4.69) is 44.5 Å². The summed E-state index contributed by atoms with van der Waals surface area (Å²) in [6.45, 7) is 5.50. The first-order valence-electron chi connectivity index (χ1n) is 7.81. The van der Waals surface area contributed by atoms with Crippen molar-refractivity contribution in [3.05, 3.63) is 17.8 Å². The lowest BCUT2D eigenvalue weighted by atomic mass is 10.3. The fraction of sp³-hybridized carbons (Fsp3) is 0.733. The monoisotopic (exact) mass is 275 g/mol. The number of likely N-dealkylation sites (tertiary alicyclic amines) is 1. The van der Waals surface area contributed by atoms with Crippen molar-refractivity contribution in [1.29, 1.82) is 0 Å². The van der Waals surface area contributed by atoms with Crippen LogP contribution in [0.2, 0.25) is 0 Å². The van der Waals surface area contributed by atoms with Crippen molar-refractivity contribution >= 4 is 5.82 Å². The zero-order valence-corrected chi connectivity index (χ0v) is 12.4. The summed E-state index contributed by atoms with van der Waals surface area (Å²) in [5.41, 5.74) is 1.04. The van der Waals surface area contributed by atoms with Crippen molar-refractivity contribution in [2.24, 2.45) is 0 Å². The van der Waals surface area contributed by atoms with Crippen LogP contribution >= 0.6 is 0 Å². The lowest BCUT2D eigenvalue weighted by Gasteiger charge is -2.21. The summed E-state index contributed by atoms with van der Waals surface area (Å²) in [5.74, 6) is 0.972. The van der Waals surface area contributed by atoms with Gasteiger partial charge in [0, 0.05) is 32.7 Å². The third-order valence-corrected chi connectivity index (χ3v) is 4.20. The Hall–Kier alpha value is -1.20. The van der Waals surface area contributed by atoms with E-state index in [1.54, 1.807) is 0 Å². The smallest absolute Gasteiger partial charge is 0.151 e. The van der Waals surface area contributed by atoms with Crippen LogP contribution in [0.1, 0.15) is 31.4 Å². The molecule has 0 atom stereocenters. The van der Waals surface area contributed by atoms with Gasteiger partial charge < -0.3 is 15.1 Å². The molecular formula is C15H25N5. The molecule has 1 saturated heterocycles. The first kappa shape index (κ1) is 13.8. The molecule has 0 spiro atoms. The molecule has 2 fully saturated rings. The van der Waals surface area contributed by atoms with Gasteiger partial charge in [0.25, 0.3) is 0 Å². The Morgan fingerprint density at radius 2 is 2.05 bits per heavy atom. The van der Waals surface area contributed by atoms with Crippen LogP contribution in [0, 0.1) is 0 Å². The van der Waals surface area contributed by atoms with E-state index in [9.17, 15) is 0 Å². The summed E-state index contributed by atoms with van der Waals surface area (Å²) < 4.78 is 0. The van der Waals surface area contributed by atoms with Crippen molar-refractivity contribution in [3.63, 3.8) is 0 Å². The molecule has 1 aliphatic carbocycles. The standard InChI is InChI=1S/C15H25N5/c1-19(10-11-20-8-2-3-9-20)15-7-6-14(17-18-15)12-16-13-4-5-13/h6-7,13,16H,2-5,8-12H2,1H3. The Morgan fingerprint density at radius 3 is 2.70 bits per heavy atom. The second-order valence-electron chi connectivity index (χ2n) is 6.01. The fourth-order valence-corrected chi connectivity index (χ4v) is 2.60. The van der Waals surface area contributed by atoms with Crippen molar-refractivity contribution in [2.45, 2.75) is 38.3 Å². The fourth-order valence-electron chi connectivity index (χ4n) is 2.60. The van der Waals surface area contributed by atoms with Crippen LogP contribution in [0.25, 0.3) is 0 Å². The van der Waals surface area contributed by atoms with E-state index >= 15 is 0 Å². The molecule has 5 heteroatoms. The Kier molecular flexibility index (Phi) is 4.47. The predicted octanol–water partition coefficient (Wildman–Crippen LogP) is 1.26. The second kappa shape index (κ2) is 6.50. The molecule has 1 aromatic rings. The van der Waals surface area contributed by atoms with Gasteiger partial charge in [-0.25, -0.2) is 0 Å². The molecule has 0 unspecified atom stereocenters. The molecule has 1 aromatic heterocycles. The van der Waals surface area contributed by atoms with Crippen LogP contribution in [0.3, 0.4) is 0 Å². The highest BCUT2D eigenvalue weighted by molar-refractivity contribution is 5.36. The average Bonchev–Trinajstić information content (AvgIpc) is 3.17. The molecule has 0 radical (unpaired) electrons. The third kappa shape index (κ3) is 3.90. The zero-order chi connectivity index (χ0) is 13.8. The maximum absolute atomic E-state index is 4.34. The molecule has 1 aliphatic heterocycles. The summed E-state index contributed by atoms with van der Waals surface area (Å²) in [4.78, 5) is 4.72. The number of nitrogens with one attached hydrogen (secondary N) is 1. The van der Waals surface area contributed by atoms with Crippen molar-refractivity contribution in [2.75, 3.05) is 38.1 Å². The summed E-state index contributed by atoms with van der Waals surface area (Å²) >= 11 is 0. The number of rotatable bonds is 7. The minimum absolute atomic E-state index is 0.722. The van der Waals surface area contributed by atoms with Gasteiger partial charge in [0.15, 0.2) is 5.82 Å². The van der Waals surface area contributed by atoms with E-state index in [0.717, 1.165) is 37.2 Å². The summed E-state index contributed by atoms with van der Waals surface area (Å²) in [6, 6.07) is 4.89. The van der Waals surface area contributed by atoms with E-state index in [0.29, 0.717) is 0 Å². The van der Waals surface area contributed by atoms with Crippen LogP contribution in [0.4, 0.5) is 5.82 Å². The molecule has 5 nitrogen and oxygen atoms in total. The summed E-state index contributed by atoms with van der Waals surface area (Å²) in [7, 11) is 2.10. The first-order chi connectivity index (χ1) is 9.81. The SMILES string of the molecule is CN(CCN1CCCC1)c1ccc(CNC2CC2)nn1. The Morgan fingerprint density at radius 1 is 1.25 bits per heavy atom. The molecule has 2 aliphatic rings. The number of nitrogens with zero attached hydrogens (tertiary/aromatic N) is 4. The van der Waals surface area contributed by atoms with Crippen LogP contribution in [0.5, 0.6) is 0 Å². The van der Waals surface area contributed by atoms with Gasteiger partial charge in [0.05, 0.1) is 5.69 Å². The second-order valence-corrected chi connectivity index (χ2v) is 6.01. The van der Waals surface area contributed by atoms with Gasteiger partial charge >= 0.3 is 0 Å². The minimum atomic E-state index is 0.722. The Balaban J connectivity index is 1.45. The predicted molar refractivity (Wildman–Crippen MR) is 80.8 cm³/mol. The van der Waals surface area contributed by atoms with Gasteiger partial charge in [0.1, 0.15) is 0 Å². The van der Waals surface area contributed by atoms with Crippen molar-refractivity contribution in [3.8, 4) is 0 Å². The molecule has 1 N–H and O–H groups in total. The zero-order valence-electron chi connectivity index (χ0n) is 12.4. The molecule has 110 valence electrons. The minimum Gasteiger partial charge on any atom is -0.357 e. The molecule has 0 bridgehead atoms. The maximum atomic E-state index is 4.34. The molecular weight excluding hydrogens is 250 g/mol. The van der Waals surface area contributed by atoms with Gasteiger partial charge in [-0.05, 0) is 50.9 Å². The summed E-state index contributed by atoms with van der Waals surface area (Å²) in [5, 5.41) is 12.1. The first-order valence-corrected chi connectivity index (χ1v) is 7.81. The van der Waals surface area contributed by atoms with Crippen LogP contribution in [-0.2, 0) is 6.54 Å². The highest BCUT2D eigenvalue weighted by atomic mass is 15.3. The van der Waals surface area contributed by atoms with E-state index in [4.69, 9.17) is 0 Å². The van der Waals surface area contributed by atoms with Crippen molar-refractivity contribution < 1.29 is 0 Å². The maximum Gasteiger partial charge on any atom is 0.151 e. The average molecular weight is 275 g/mol. The molecule has 0 aromatic carbocycles. The lowest BCUT2D eigenvalue weighted by molar-refractivity contribution is 0.346. The number of hydrogen-bond acceptors (Lipinski definition) is 5.